The summed E-state index contributed by atoms with van der Waals surface area (Å²) < 4.78 is 40.5. The number of amides is 1. The Bertz CT molecular complexity index is 281. The minimum absolute atomic E-state index is 0.828. The predicted octanol–water partition coefficient (Wildman–Crippen LogP) is 2.03. The average molecular weight is 241 g/mol. The molecular formula is C9H14F3NO3. The van der Waals surface area contributed by atoms with Crippen molar-refractivity contribution in [3.63, 3.8) is 0 Å². The van der Waals surface area contributed by atoms with Crippen molar-refractivity contribution < 1.29 is 27.5 Å². The molecule has 0 aliphatic carbocycles. The number of nitrogens with one attached hydrogen (secondary N) is 1. The van der Waals surface area contributed by atoms with Gasteiger partial charge in [0.1, 0.15) is 5.60 Å². The first kappa shape index (κ1) is 14.7. The largest absolute Gasteiger partial charge is 0.452 e. The van der Waals surface area contributed by atoms with Crippen molar-refractivity contribution in [1.82, 2.24) is 5.32 Å². The molecule has 0 aromatic heterocycles. The van der Waals surface area contributed by atoms with E-state index >= 15 is 0 Å². The smallest absolute Gasteiger partial charge is 0.444 e. The molecule has 0 saturated carbocycles. The van der Waals surface area contributed by atoms with Crippen LogP contribution in [0.1, 0.15) is 27.7 Å². The number of carbonyl (C=O) groups excluding carboxylic acids is 2. The molecule has 0 aromatic carbocycles. The Balaban J connectivity index is 4.32. The summed E-state index contributed by atoms with van der Waals surface area (Å²) in [5.41, 5.74) is -0.828. The van der Waals surface area contributed by atoms with Gasteiger partial charge in [0, 0.05) is 0 Å². The van der Waals surface area contributed by atoms with E-state index in [-0.39, 0.29) is 0 Å². The first-order chi connectivity index (χ1) is 6.93. The predicted molar refractivity (Wildman–Crippen MR) is 49.9 cm³/mol. The zero-order valence-electron chi connectivity index (χ0n) is 9.44. The van der Waals surface area contributed by atoms with Gasteiger partial charge in [0.2, 0.25) is 0 Å². The first-order valence-electron chi connectivity index (χ1n) is 4.54. The number of Topliss-reactive ketones (excluding diaryl/α,β-unsaturated/α-hetero) is 1. The molecule has 0 aliphatic heterocycles. The van der Waals surface area contributed by atoms with Gasteiger partial charge < -0.3 is 10.1 Å². The zero-order chi connectivity index (χ0) is 13.1. The van der Waals surface area contributed by atoms with Crippen molar-refractivity contribution in [3.05, 3.63) is 0 Å². The number of carbonyl (C=O) groups is 2. The summed E-state index contributed by atoms with van der Waals surface area (Å²) in [6.07, 6.45) is -6.02. The minimum atomic E-state index is -4.96. The molecule has 94 valence electrons. The number of alkyl halides is 3. The van der Waals surface area contributed by atoms with E-state index in [4.69, 9.17) is 4.74 Å². The van der Waals surface area contributed by atoms with Crippen LogP contribution >= 0.6 is 0 Å². The lowest BCUT2D eigenvalue weighted by Gasteiger charge is -2.21. The van der Waals surface area contributed by atoms with Crippen molar-refractivity contribution >= 4 is 11.9 Å². The summed E-state index contributed by atoms with van der Waals surface area (Å²) >= 11 is 0. The molecule has 0 fully saturated rings. The molecule has 0 aromatic rings. The second kappa shape index (κ2) is 4.71. The fourth-order valence-electron chi connectivity index (χ4n) is 0.795. The van der Waals surface area contributed by atoms with Crippen LogP contribution in [0, 0.1) is 0 Å². The third kappa shape index (κ3) is 5.57. The van der Waals surface area contributed by atoms with Gasteiger partial charge >= 0.3 is 12.3 Å². The zero-order valence-corrected chi connectivity index (χ0v) is 9.44. The van der Waals surface area contributed by atoms with Crippen LogP contribution in [0.25, 0.3) is 0 Å². The van der Waals surface area contributed by atoms with Crippen LogP contribution in [-0.4, -0.2) is 29.7 Å². The van der Waals surface area contributed by atoms with Crippen LogP contribution in [-0.2, 0) is 9.53 Å². The van der Waals surface area contributed by atoms with Gasteiger partial charge in [0.25, 0.3) is 5.78 Å². The van der Waals surface area contributed by atoms with Gasteiger partial charge in [0.15, 0.2) is 0 Å². The number of halogens is 3. The molecule has 1 amide bonds. The second-order valence-corrected chi connectivity index (χ2v) is 4.23. The lowest BCUT2D eigenvalue weighted by Crippen LogP contribution is -2.46. The molecule has 0 saturated heterocycles. The number of hydrogen-bond donors (Lipinski definition) is 1. The molecule has 7 heteroatoms. The van der Waals surface area contributed by atoms with Gasteiger partial charge in [0.05, 0.1) is 6.04 Å². The van der Waals surface area contributed by atoms with Crippen molar-refractivity contribution in [2.45, 2.75) is 45.5 Å². The summed E-state index contributed by atoms with van der Waals surface area (Å²) in [6.45, 7) is 5.62. The summed E-state index contributed by atoms with van der Waals surface area (Å²) in [5, 5.41) is 1.81. The van der Waals surface area contributed by atoms with E-state index in [9.17, 15) is 22.8 Å². The molecule has 0 unspecified atom stereocenters. The summed E-state index contributed by atoms with van der Waals surface area (Å²) in [4.78, 5) is 21.7. The van der Waals surface area contributed by atoms with Crippen molar-refractivity contribution in [2.24, 2.45) is 0 Å². The van der Waals surface area contributed by atoms with E-state index in [0.717, 1.165) is 6.92 Å². The summed E-state index contributed by atoms with van der Waals surface area (Å²) in [6, 6.07) is -1.66. The second-order valence-electron chi connectivity index (χ2n) is 4.23. The van der Waals surface area contributed by atoms with Crippen LogP contribution in [0.3, 0.4) is 0 Å². The molecule has 1 atom stereocenters. The van der Waals surface area contributed by atoms with Crippen LogP contribution in [0.4, 0.5) is 18.0 Å². The Morgan fingerprint density at radius 3 is 1.94 bits per heavy atom. The number of ketones is 1. The number of ether oxygens (including phenoxy) is 1. The molecule has 0 spiro atoms. The standard InChI is InChI=1S/C9H14F3NO3/c1-5(6(14)9(10,11)12)13-7(15)16-8(2,3)4/h5H,1-4H3,(H,13,15)/t5-/m1/s1. The number of rotatable bonds is 2. The van der Waals surface area contributed by atoms with Crippen LogP contribution < -0.4 is 5.32 Å². The fraction of sp³-hybridized carbons (Fsp3) is 0.778. The lowest BCUT2D eigenvalue weighted by atomic mass is 10.2. The van der Waals surface area contributed by atoms with Crippen LogP contribution in [0.2, 0.25) is 0 Å². The average Bonchev–Trinajstić information content (AvgIpc) is 1.96. The maximum absolute atomic E-state index is 11.9. The van der Waals surface area contributed by atoms with E-state index in [0.29, 0.717) is 0 Å². The molecule has 16 heavy (non-hydrogen) atoms. The number of alkyl carbamates (subject to hydrolysis) is 1. The Kier molecular flexibility index (Phi) is 4.34. The Labute approximate surface area is 91.1 Å². The highest BCUT2D eigenvalue weighted by molar-refractivity contribution is 5.91. The highest BCUT2D eigenvalue weighted by Gasteiger charge is 2.42. The maximum Gasteiger partial charge on any atom is 0.452 e. The maximum atomic E-state index is 11.9. The third-order valence-corrected chi connectivity index (χ3v) is 1.41. The molecule has 1 N–H and O–H groups in total. The van der Waals surface area contributed by atoms with Gasteiger partial charge in [-0.2, -0.15) is 13.2 Å². The summed E-state index contributed by atoms with van der Waals surface area (Å²) in [7, 11) is 0. The monoisotopic (exact) mass is 241 g/mol. The van der Waals surface area contributed by atoms with Crippen molar-refractivity contribution in [1.29, 1.82) is 0 Å². The topological polar surface area (TPSA) is 55.4 Å². The molecule has 4 nitrogen and oxygen atoms in total. The number of hydrogen-bond acceptors (Lipinski definition) is 3. The van der Waals surface area contributed by atoms with Crippen LogP contribution in [0.15, 0.2) is 0 Å². The van der Waals surface area contributed by atoms with Crippen molar-refractivity contribution in [2.75, 3.05) is 0 Å². The highest BCUT2D eigenvalue weighted by Crippen LogP contribution is 2.18. The van der Waals surface area contributed by atoms with E-state index in [2.05, 4.69) is 0 Å². The van der Waals surface area contributed by atoms with Gasteiger partial charge in [-0.3, -0.25) is 4.79 Å². The molecule has 0 bridgehead atoms. The van der Waals surface area contributed by atoms with Crippen LogP contribution in [0.5, 0.6) is 0 Å². The third-order valence-electron chi connectivity index (χ3n) is 1.41. The van der Waals surface area contributed by atoms with Gasteiger partial charge in [-0.15, -0.1) is 0 Å². The van der Waals surface area contributed by atoms with E-state index in [1.807, 2.05) is 5.32 Å². The normalized spacial score (nSPS) is 14.2. The molecular weight excluding hydrogens is 227 g/mol. The van der Waals surface area contributed by atoms with Gasteiger partial charge in [-0.05, 0) is 27.7 Å². The lowest BCUT2D eigenvalue weighted by molar-refractivity contribution is -0.172. The molecule has 0 heterocycles. The Hall–Kier alpha value is -1.27. The SMILES string of the molecule is C[C@@H](NC(=O)OC(C)(C)C)C(=O)C(F)(F)F. The quantitative estimate of drug-likeness (QED) is 0.804. The molecule has 0 radical (unpaired) electrons. The molecule has 0 rings (SSSR count). The minimum Gasteiger partial charge on any atom is -0.444 e. The highest BCUT2D eigenvalue weighted by atomic mass is 19.4. The Morgan fingerprint density at radius 2 is 1.62 bits per heavy atom. The Morgan fingerprint density at radius 1 is 1.19 bits per heavy atom. The van der Waals surface area contributed by atoms with Gasteiger partial charge in [-0.1, -0.05) is 0 Å². The van der Waals surface area contributed by atoms with Gasteiger partial charge in [-0.25, -0.2) is 4.79 Å². The van der Waals surface area contributed by atoms with Crippen molar-refractivity contribution in [3.8, 4) is 0 Å². The molecule has 0 aliphatic rings. The first-order valence-corrected chi connectivity index (χ1v) is 4.54. The van der Waals surface area contributed by atoms with E-state index in [1.54, 1.807) is 20.8 Å². The summed E-state index contributed by atoms with van der Waals surface area (Å²) in [5.74, 6) is -2.02. The fourth-order valence-corrected chi connectivity index (χ4v) is 0.795. The van der Waals surface area contributed by atoms with E-state index < -0.39 is 29.7 Å². The van der Waals surface area contributed by atoms with E-state index in [1.165, 1.54) is 0 Å².